The van der Waals surface area contributed by atoms with E-state index in [9.17, 15) is 9.59 Å². The van der Waals surface area contributed by atoms with Crippen LogP contribution in [0, 0.1) is 0 Å². The number of ether oxygens (including phenoxy) is 2. The highest BCUT2D eigenvalue weighted by Crippen LogP contribution is 2.30. The molecule has 2 heterocycles. The Kier molecular flexibility index (Phi) is 5.29. The van der Waals surface area contributed by atoms with Gasteiger partial charge in [-0.3, -0.25) is 9.59 Å². The van der Waals surface area contributed by atoms with Gasteiger partial charge in [0.15, 0.2) is 17.6 Å². The van der Waals surface area contributed by atoms with E-state index in [1.54, 1.807) is 7.05 Å². The highest BCUT2D eigenvalue weighted by Gasteiger charge is 2.25. The maximum absolute atomic E-state index is 12.8. The second-order valence-corrected chi connectivity index (χ2v) is 6.88. The molecule has 0 saturated carbocycles. The highest BCUT2D eigenvalue weighted by molar-refractivity contribution is 5.91. The van der Waals surface area contributed by atoms with Crippen molar-refractivity contribution in [1.82, 2.24) is 14.7 Å². The van der Waals surface area contributed by atoms with Crippen molar-refractivity contribution in [3.05, 3.63) is 88.3 Å². The molecule has 1 aliphatic rings. The number of para-hydroxylation sites is 2. The lowest BCUT2D eigenvalue weighted by Crippen LogP contribution is -2.42. The number of nitrogens with zero attached hydrogens (tertiary/aromatic N) is 3. The van der Waals surface area contributed by atoms with Crippen molar-refractivity contribution in [3.8, 4) is 11.5 Å². The number of aromatic nitrogens is 2. The normalized spacial score (nSPS) is 15.0. The molecule has 1 atom stereocenters. The first-order valence-corrected chi connectivity index (χ1v) is 9.36. The lowest BCUT2D eigenvalue weighted by molar-refractivity contribution is 0.0515. The Bertz CT molecular complexity index is 1060. The summed E-state index contributed by atoms with van der Waals surface area (Å²) in [4.78, 5) is 26.5. The fourth-order valence-electron chi connectivity index (χ4n) is 3.17. The molecule has 148 valence electrons. The molecule has 4 rings (SSSR count). The zero-order chi connectivity index (χ0) is 20.2. The second kappa shape index (κ2) is 8.18. The van der Waals surface area contributed by atoms with Crippen LogP contribution in [0.15, 0.2) is 71.5 Å². The molecule has 1 aliphatic heterocycles. The lowest BCUT2D eigenvalue weighted by atomic mass is 10.2. The molecule has 29 heavy (non-hydrogen) atoms. The molecule has 1 unspecified atom stereocenters. The molecule has 0 spiro atoms. The van der Waals surface area contributed by atoms with E-state index in [-0.39, 0.29) is 23.3 Å². The van der Waals surface area contributed by atoms with E-state index < -0.39 is 0 Å². The van der Waals surface area contributed by atoms with Gasteiger partial charge in [0.05, 0.1) is 13.1 Å². The van der Waals surface area contributed by atoms with Crippen LogP contribution in [0.4, 0.5) is 0 Å². The maximum Gasteiger partial charge on any atom is 0.274 e. The Morgan fingerprint density at radius 3 is 2.59 bits per heavy atom. The topological polar surface area (TPSA) is 73.7 Å². The zero-order valence-electron chi connectivity index (χ0n) is 16.0. The van der Waals surface area contributed by atoms with Crippen molar-refractivity contribution in [2.24, 2.45) is 0 Å². The van der Waals surface area contributed by atoms with Crippen LogP contribution in [0.5, 0.6) is 11.5 Å². The molecule has 0 radical (unpaired) electrons. The van der Waals surface area contributed by atoms with Crippen molar-refractivity contribution >= 4 is 5.91 Å². The summed E-state index contributed by atoms with van der Waals surface area (Å²) in [6.45, 7) is 1.00. The van der Waals surface area contributed by atoms with E-state index in [1.807, 2.05) is 54.6 Å². The van der Waals surface area contributed by atoms with Crippen LogP contribution in [-0.2, 0) is 6.54 Å². The molecule has 0 saturated heterocycles. The SMILES string of the molecule is CN(CC1COc2ccccc2O1)C(=O)c1ccc(=O)n(Cc2ccccc2)n1. The van der Waals surface area contributed by atoms with Crippen LogP contribution in [-0.4, -0.2) is 46.9 Å². The Hall–Kier alpha value is -3.61. The van der Waals surface area contributed by atoms with Crippen molar-refractivity contribution in [2.75, 3.05) is 20.2 Å². The average molecular weight is 391 g/mol. The second-order valence-electron chi connectivity index (χ2n) is 6.88. The molecule has 1 amide bonds. The number of carbonyl (C=O) groups is 1. The summed E-state index contributed by atoms with van der Waals surface area (Å²) in [6, 6.07) is 19.8. The van der Waals surface area contributed by atoms with E-state index in [0.29, 0.717) is 31.2 Å². The van der Waals surface area contributed by atoms with Crippen LogP contribution >= 0.6 is 0 Å². The van der Waals surface area contributed by atoms with E-state index >= 15 is 0 Å². The molecule has 3 aromatic rings. The molecule has 1 aromatic heterocycles. The minimum Gasteiger partial charge on any atom is -0.486 e. The molecule has 0 N–H and O–H groups in total. The van der Waals surface area contributed by atoms with Gasteiger partial charge in [0.1, 0.15) is 12.3 Å². The number of benzene rings is 2. The van der Waals surface area contributed by atoms with Gasteiger partial charge in [-0.05, 0) is 23.8 Å². The average Bonchev–Trinajstić information content (AvgIpc) is 2.75. The Morgan fingerprint density at radius 2 is 1.79 bits per heavy atom. The maximum atomic E-state index is 12.8. The fourth-order valence-corrected chi connectivity index (χ4v) is 3.17. The predicted octanol–water partition coefficient (Wildman–Crippen LogP) is 2.20. The first-order valence-electron chi connectivity index (χ1n) is 9.36. The van der Waals surface area contributed by atoms with Crippen LogP contribution in [0.25, 0.3) is 0 Å². The Labute approximate surface area is 168 Å². The summed E-state index contributed by atoms with van der Waals surface area (Å²) >= 11 is 0. The summed E-state index contributed by atoms with van der Waals surface area (Å²) in [5, 5.41) is 4.26. The monoisotopic (exact) mass is 391 g/mol. The molecular weight excluding hydrogens is 370 g/mol. The van der Waals surface area contributed by atoms with Crippen LogP contribution in [0.2, 0.25) is 0 Å². The van der Waals surface area contributed by atoms with Gasteiger partial charge < -0.3 is 14.4 Å². The number of hydrogen-bond acceptors (Lipinski definition) is 5. The summed E-state index contributed by atoms with van der Waals surface area (Å²) in [7, 11) is 1.68. The van der Waals surface area contributed by atoms with Crippen molar-refractivity contribution in [3.63, 3.8) is 0 Å². The number of hydrogen-bond donors (Lipinski definition) is 0. The Morgan fingerprint density at radius 1 is 1.07 bits per heavy atom. The third-order valence-corrected chi connectivity index (χ3v) is 4.65. The van der Waals surface area contributed by atoms with Gasteiger partial charge in [0, 0.05) is 13.1 Å². The third-order valence-electron chi connectivity index (χ3n) is 4.65. The van der Waals surface area contributed by atoms with E-state index in [4.69, 9.17) is 9.47 Å². The van der Waals surface area contributed by atoms with E-state index in [1.165, 1.54) is 21.7 Å². The van der Waals surface area contributed by atoms with Gasteiger partial charge in [-0.15, -0.1) is 0 Å². The Balaban J connectivity index is 1.45. The van der Waals surface area contributed by atoms with Gasteiger partial charge in [-0.25, -0.2) is 4.68 Å². The molecule has 0 aliphatic carbocycles. The first-order chi connectivity index (χ1) is 14.1. The van der Waals surface area contributed by atoms with Crippen LogP contribution in [0.3, 0.4) is 0 Å². The van der Waals surface area contributed by atoms with Crippen molar-refractivity contribution in [1.29, 1.82) is 0 Å². The number of amides is 1. The summed E-state index contributed by atoms with van der Waals surface area (Å²) < 4.78 is 12.9. The van der Waals surface area contributed by atoms with Crippen molar-refractivity contribution in [2.45, 2.75) is 12.6 Å². The molecule has 7 heteroatoms. The summed E-state index contributed by atoms with van der Waals surface area (Å²) in [6.07, 6.45) is -0.283. The number of fused-ring (bicyclic) bond motifs is 1. The number of carbonyl (C=O) groups excluding carboxylic acids is 1. The minimum absolute atomic E-state index is 0.208. The summed E-state index contributed by atoms with van der Waals surface area (Å²) in [5.74, 6) is 1.08. The largest absolute Gasteiger partial charge is 0.486 e. The van der Waals surface area contributed by atoms with Gasteiger partial charge in [0.2, 0.25) is 0 Å². The van der Waals surface area contributed by atoms with E-state index in [2.05, 4.69) is 5.10 Å². The van der Waals surface area contributed by atoms with Gasteiger partial charge in [-0.2, -0.15) is 5.10 Å². The molecule has 0 fully saturated rings. The molecular formula is C22H21N3O4. The fraction of sp³-hybridized carbons (Fsp3) is 0.227. The van der Waals surface area contributed by atoms with Crippen LogP contribution in [0.1, 0.15) is 16.1 Å². The quantitative estimate of drug-likeness (QED) is 0.667. The number of likely N-dealkylation sites (N-methyl/N-ethyl adjacent to an activating group) is 1. The van der Waals surface area contributed by atoms with Gasteiger partial charge >= 0.3 is 0 Å². The molecule has 7 nitrogen and oxygen atoms in total. The zero-order valence-corrected chi connectivity index (χ0v) is 16.0. The lowest BCUT2D eigenvalue weighted by Gasteiger charge is -2.29. The standard InChI is InChI=1S/C22H21N3O4/c1-24(14-17-15-28-19-9-5-6-10-20(19)29-17)22(27)18-11-12-21(26)25(23-18)13-16-7-3-2-4-8-16/h2-12,17H,13-15H2,1H3. The van der Waals surface area contributed by atoms with Crippen molar-refractivity contribution < 1.29 is 14.3 Å². The highest BCUT2D eigenvalue weighted by atomic mass is 16.6. The summed E-state index contributed by atoms with van der Waals surface area (Å²) in [5.41, 5.74) is 0.889. The number of rotatable bonds is 5. The van der Waals surface area contributed by atoms with Crippen LogP contribution < -0.4 is 15.0 Å². The predicted molar refractivity (Wildman–Crippen MR) is 107 cm³/mol. The molecule has 0 bridgehead atoms. The minimum atomic E-state index is -0.283. The smallest absolute Gasteiger partial charge is 0.274 e. The first kappa shape index (κ1) is 18.7. The van der Waals surface area contributed by atoms with Gasteiger partial charge in [0.25, 0.3) is 11.5 Å². The third kappa shape index (κ3) is 4.29. The van der Waals surface area contributed by atoms with E-state index in [0.717, 1.165) is 5.56 Å². The molecule has 2 aromatic carbocycles. The van der Waals surface area contributed by atoms with Gasteiger partial charge in [-0.1, -0.05) is 42.5 Å².